The third-order valence-corrected chi connectivity index (χ3v) is 8.31. The number of amides is 2. The van der Waals surface area contributed by atoms with Gasteiger partial charge < -0.3 is 10.5 Å². The molecular formula is C32H31N9O3. The Morgan fingerprint density at radius 1 is 0.909 bits per heavy atom. The van der Waals surface area contributed by atoms with Gasteiger partial charge in [0, 0.05) is 43.4 Å². The number of aromatic nitrogens is 6. The summed E-state index contributed by atoms with van der Waals surface area (Å²) in [7, 11) is 0. The smallest absolute Gasteiger partial charge is 0.235 e. The Morgan fingerprint density at radius 2 is 1.68 bits per heavy atom. The molecule has 2 amide bonds. The number of piperidine rings is 2. The first-order valence-electron chi connectivity index (χ1n) is 14.7. The Balaban J connectivity index is 1.08. The standard InChI is InChI=1S/C32H31N9O3/c33-30-27-29(20-6-8-24(9-7-20)44-23-4-2-1-3-5-23)39-41(31(27)37-19-36-30)22-12-14-40(15-13-22)17-21-16-34-18-35-28(21)25-10-11-26(42)38-32(25)43/h1-9,16,18-19,22,25H,10-15,17H2,(H2,33,36,37)(H,38,42,43). The molecular weight excluding hydrogens is 558 g/mol. The number of hydrogen-bond acceptors (Lipinski definition) is 10. The van der Waals surface area contributed by atoms with Gasteiger partial charge in [0.15, 0.2) is 5.65 Å². The van der Waals surface area contributed by atoms with Crippen LogP contribution in [0.5, 0.6) is 11.5 Å². The molecule has 3 N–H and O–H groups in total. The number of nitrogens with one attached hydrogen (secondary N) is 1. The molecule has 2 fully saturated rings. The Labute approximate surface area is 253 Å². The van der Waals surface area contributed by atoms with Crippen molar-refractivity contribution in [2.75, 3.05) is 18.8 Å². The molecule has 2 aromatic carbocycles. The second kappa shape index (κ2) is 11.8. The molecule has 0 aliphatic carbocycles. The fraction of sp³-hybridized carbons (Fsp3) is 0.281. The van der Waals surface area contributed by atoms with Crippen molar-refractivity contribution in [3.05, 3.63) is 84.7 Å². The minimum atomic E-state index is -0.443. The third kappa shape index (κ3) is 5.47. The molecule has 5 aromatic rings. The molecule has 222 valence electrons. The maximum absolute atomic E-state index is 12.5. The van der Waals surface area contributed by atoms with E-state index in [0.29, 0.717) is 36.5 Å². The number of likely N-dealkylation sites (tertiary alicyclic amines) is 1. The first kappa shape index (κ1) is 27.6. The van der Waals surface area contributed by atoms with Crippen LogP contribution < -0.4 is 15.8 Å². The number of hydrogen-bond donors (Lipinski definition) is 2. The molecule has 2 saturated heterocycles. The lowest BCUT2D eigenvalue weighted by molar-refractivity contribution is -0.134. The summed E-state index contributed by atoms with van der Waals surface area (Å²) in [4.78, 5) is 44.1. The summed E-state index contributed by atoms with van der Waals surface area (Å²) in [6, 6.07) is 17.6. The highest BCUT2D eigenvalue weighted by molar-refractivity contribution is 6.01. The molecule has 0 spiro atoms. The van der Waals surface area contributed by atoms with Gasteiger partial charge in [-0.1, -0.05) is 18.2 Å². The number of imide groups is 1. The number of carbonyl (C=O) groups excluding carboxylic acids is 2. The van der Waals surface area contributed by atoms with Crippen molar-refractivity contribution in [3.8, 4) is 22.8 Å². The van der Waals surface area contributed by atoms with Crippen molar-refractivity contribution < 1.29 is 14.3 Å². The molecule has 1 atom stereocenters. The largest absolute Gasteiger partial charge is 0.457 e. The fourth-order valence-electron chi connectivity index (χ4n) is 6.08. The number of nitrogens with zero attached hydrogens (tertiary/aromatic N) is 7. The van der Waals surface area contributed by atoms with Crippen LogP contribution in [0, 0.1) is 0 Å². The van der Waals surface area contributed by atoms with Crippen LogP contribution in [0.3, 0.4) is 0 Å². The summed E-state index contributed by atoms with van der Waals surface area (Å²) in [5.41, 5.74) is 10.3. The van der Waals surface area contributed by atoms with E-state index in [4.69, 9.17) is 15.6 Å². The number of anilines is 1. The lowest BCUT2D eigenvalue weighted by Gasteiger charge is -2.33. The Hall–Kier alpha value is -5.23. The summed E-state index contributed by atoms with van der Waals surface area (Å²) in [6.07, 6.45) is 7.20. The number of ether oxygens (including phenoxy) is 1. The topological polar surface area (TPSA) is 154 Å². The molecule has 12 heteroatoms. The number of carbonyl (C=O) groups is 2. The molecule has 0 radical (unpaired) electrons. The van der Waals surface area contributed by atoms with Crippen LogP contribution in [-0.2, 0) is 16.1 Å². The van der Waals surface area contributed by atoms with Gasteiger partial charge in [-0.3, -0.25) is 19.8 Å². The average Bonchev–Trinajstić information content (AvgIpc) is 3.44. The van der Waals surface area contributed by atoms with E-state index in [1.54, 1.807) is 6.20 Å². The SMILES string of the molecule is Nc1ncnc2c1c(-c1ccc(Oc3ccccc3)cc1)nn2C1CCN(Cc2cncnc2C2CCC(=O)NC2=O)CC1. The number of benzene rings is 2. The van der Waals surface area contributed by atoms with Crippen molar-refractivity contribution in [3.63, 3.8) is 0 Å². The summed E-state index contributed by atoms with van der Waals surface area (Å²) in [5.74, 6) is 0.917. The van der Waals surface area contributed by atoms with Gasteiger partial charge in [-0.05, 0) is 55.7 Å². The van der Waals surface area contributed by atoms with Crippen molar-refractivity contribution in [1.82, 2.24) is 39.9 Å². The van der Waals surface area contributed by atoms with Gasteiger partial charge in [-0.25, -0.2) is 24.6 Å². The Morgan fingerprint density at radius 3 is 2.45 bits per heavy atom. The summed E-state index contributed by atoms with van der Waals surface area (Å²) in [5, 5.41) is 8.22. The number of nitrogens with two attached hydrogens (primary N) is 1. The van der Waals surface area contributed by atoms with Gasteiger partial charge in [0.05, 0.1) is 23.0 Å². The van der Waals surface area contributed by atoms with Gasteiger partial charge in [-0.15, -0.1) is 0 Å². The van der Waals surface area contributed by atoms with Gasteiger partial charge in [0.25, 0.3) is 0 Å². The third-order valence-electron chi connectivity index (χ3n) is 8.31. The van der Waals surface area contributed by atoms with Crippen molar-refractivity contribution in [2.45, 2.75) is 44.2 Å². The highest BCUT2D eigenvalue weighted by atomic mass is 16.5. The highest BCUT2D eigenvalue weighted by Gasteiger charge is 2.32. The van der Waals surface area contributed by atoms with Crippen LogP contribution in [0.2, 0.25) is 0 Å². The molecule has 44 heavy (non-hydrogen) atoms. The molecule has 3 aromatic heterocycles. The number of fused-ring (bicyclic) bond motifs is 1. The quantitative estimate of drug-likeness (QED) is 0.266. The van der Waals surface area contributed by atoms with Gasteiger partial charge in [0.1, 0.15) is 35.7 Å². The molecule has 7 rings (SSSR count). The van der Waals surface area contributed by atoms with E-state index in [0.717, 1.165) is 59.6 Å². The highest BCUT2D eigenvalue weighted by Crippen LogP contribution is 2.35. The zero-order valence-electron chi connectivity index (χ0n) is 24.0. The van der Waals surface area contributed by atoms with E-state index in [1.807, 2.05) is 59.3 Å². The summed E-state index contributed by atoms with van der Waals surface area (Å²) in [6.45, 7) is 2.26. The normalized spacial score (nSPS) is 18.0. The first-order chi connectivity index (χ1) is 21.5. The van der Waals surface area contributed by atoms with E-state index in [9.17, 15) is 9.59 Å². The van der Waals surface area contributed by atoms with Crippen LogP contribution in [0.4, 0.5) is 5.82 Å². The summed E-state index contributed by atoms with van der Waals surface area (Å²) < 4.78 is 7.96. The van der Waals surface area contributed by atoms with E-state index in [2.05, 4.69) is 30.2 Å². The second-order valence-electron chi connectivity index (χ2n) is 11.1. The minimum absolute atomic E-state index is 0.124. The zero-order valence-corrected chi connectivity index (χ0v) is 24.0. The van der Waals surface area contributed by atoms with Crippen LogP contribution in [0.15, 0.2) is 73.4 Å². The predicted octanol–water partition coefficient (Wildman–Crippen LogP) is 4.02. The van der Waals surface area contributed by atoms with Crippen molar-refractivity contribution in [2.24, 2.45) is 0 Å². The lowest BCUT2D eigenvalue weighted by Crippen LogP contribution is -2.40. The van der Waals surface area contributed by atoms with E-state index in [1.165, 1.54) is 12.7 Å². The monoisotopic (exact) mass is 589 g/mol. The van der Waals surface area contributed by atoms with Crippen molar-refractivity contribution in [1.29, 1.82) is 0 Å². The molecule has 5 heterocycles. The van der Waals surface area contributed by atoms with Crippen LogP contribution in [-0.4, -0.2) is 59.5 Å². The number of para-hydroxylation sites is 1. The van der Waals surface area contributed by atoms with E-state index >= 15 is 0 Å². The maximum Gasteiger partial charge on any atom is 0.235 e. The van der Waals surface area contributed by atoms with Crippen LogP contribution in [0.25, 0.3) is 22.3 Å². The molecule has 2 aliphatic rings. The minimum Gasteiger partial charge on any atom is -0.457 e. The second-order valence-corrected chi connectivity index (χ2v) is 11.1. The lowest BCUT2D eigenvalue weighted by atomic mass is 9.91. The van der Waals surface area contributed by atoms with Crippen molar-refractivity contribution >= 4 is 28.7 Å². The fourth-order valence-corrected chi connectivity index (χ4v) is 6.08. The van der Waals surface area contributed by atoms with E-state index in [-0.39, 0.29) is 17.9 Å². The van der Waals surface area contributed by atoms with Gasteiger partial charge >= 0.3 is 0 Å². The number of nitrogen functional groups attached to an aromatic ring is 1. The molecule has 2 aliphatic heterocycles. The molecule has 0 bridgehead atoms. The maximum atomic E-state index is 12.5. The Bertz CT molecular complexity index is 1820. The zero-order chi connectivity index (χ0) is 30.0. The first-order valence-corrected chi connectivity index (χ1v) is 14.7. The Kier molecular flexibility index (Phi) is 7.40. The average molecular weight is 590 g/mol. The molecule has 1 unspecified atom stereocenters. The van der Waals surface area contributed by atoms with Gasteiger partial charge in [-0.2, -0.15) is 5.10 Å². The summed E-state index contributed by atoms with van der Waals surface area (Å²) >= 11 is 0. The molecule has 12 nitrogen and oxygen atoms in total. The van der Waals surface area contributed by atoms with Crippen LogP contribution >= 0.6 is 0 Å². The van der Waals surface area contributed by atoms with Gasteiger partial charge in [0.2, 0.25) is 11.8 Å². The number of rotatable bonds is 7. The molecule has 0 saturated carbocycles. The van der Waals surface area contributed by atoms with Crippen LogP contribution in [0.1, 0.15) is 48.9 Å². The predicted molar refractivity (Wildman–Crippen MR) is 162 cm³/mol. The van der Waals surface area contributed by atoms with E-state index < -0.39 is 5.92 Å².